The molecular formula is C16H17N3O2. The Morgan fingerprint density at radius 2 is 1.95 bits per heavy atom. The lowest BCUT2D eigenvalue weighted by Gasteiger charge is -2.22. The summed E-state index contributed by atoms with van der Waals surface area (Å²) in [4.78, 5) is 8.06. The molecule has 0 aliphatic heterocycles. The van der Waals surface area contributed by atoms with E-state index in [1.54, 1.807) is 7.11 Å². The maximum absolute atomic E-state index is 8.87. The fraction of sp³-hybridized carbons (Fsp3) is 0.312. The number of aromatic nitrogens is 2. The molecule has 21 heavy (non-hydrogen) atoms. The van der Waals surface area contributed by atoms with Crippen LogP contribution >= 0.6 is 0 Å². The van der Waals surface area contributed by atoms with Crippen molar-refractivity contribution in [1.82, 2.24) is 9.97 Å². The number of rotatable bonds is 3. The first-order valence-corrected chi connectivity index (χ1v) is 6.53. The highest BCUT2D eigenvalue weighted by molar-refractivity contribution is 5.45. The van der Waals surface area contributed by atoms with Gasteiger partial charge in [-0.05, 0) is 29.7 Å². The number of nitriles is 1. The molecule has 0 bridgehead atoms. The number of hydrogen-bond acceptors (Lipinski definition) is 5. The predicted octanol–water partition coefficient (Wildman–Crippen LogP) is 3.45. The molecule has 0 spiro atoms. The number of benzene rings is 1. The molecule has 0 saturated heterocycles. The molecule has 1 aromatic heterocycles. The molecule has 0 fully saturated rings. The minimum Gasteiger partial charge on any atom is -0.497 e. The lowest BCUT2D eigenvalue weighted by Crippen LogP contribution is -2.13. The van der Waals surface area contributed by atoms with Crippen LogP contribution in [0.3, 0.4) is 0 Å². The summed E-state index contributed by atoms with van der Waals surface area (Å²) in [7, 11) is 1.63. The lowest BCUT2D eigenvalue weighted by atomic mass is 9.86. The van der Waals surface area contributed by atoms with Gasteiger partial charge in [0.05, 0.1) is 7.11 Å². The lowest BCUT2D eigenvalue weighted by molar-refractivity contribution is 0.401. The van der Waals surface area contributed by atoms with Crippen LogP contribution < -0.4 is 9.47 Å². The third-order valence-corrected chi connectivity index (χ3v) is 2.94. The first-order chi connectivity index (χ1) is 9.94. The summed E-state index contributed by atoms with van der Waals surface area (Å²) in [5, 5.41) is 8.87. The molecule has 0 saturated carbocycles. The predicted molar refractivity (Wildman–Crippen MR) is 78.5 cm³/mol. The van der Waals surface area contributed by atoms with E-state index < -0.39 is 0 Å². The van der Waals surface area contributed by atoms with E-state index in [0.717, 1.165) is 11.3 Å². The van der Waals surface area contributed by atoms with E-state index >= 15 is 0 Å². The second-order valence-electron chi connectivity index (χ2n) is 5.55. The topological polar surface area (TPSA) is 68.0 Å². The monoisotopic (exact) mass is 283 g/mol. The van der Waals surface area contributed by atoms with Crippen LogP contribution in [0.15, 0.2) is 30.5 Å². The standard InChI is InChI=1S/C16H17N3O2/c1-16(2,3)13-9-12(20-4)5-6-14(13)21-15-18-8-7-11(10-17)19-15/h5-9H,1-4H3. The summed E-state index contributed by atoms with van der Waals surface area (Å²) in [6, 6.07) is 9.23. The van der Waals surface area contributed by atoms with Gasteiger partial charge in [-0.2, -0.15) is 10.2 Å². The largest absolute Gasteiger partial charge is 0.497 e. The van der Waals surface area contributed by atoms with Gasteiger partial charge in [0, 0.05) is 11.8 Å². The molecule has 0 aliphatic carbocycles. The molecule has 0 atom stereocenters. The zero-order valence-corrected chi connectivity index (χ0v) is 12.5. The van der Waals surface area contributed by atoms with E-state index in [2.05, 4.69) is 30.7 Å². The van der Waals surface area contributed by atoms with Gasteiger partial charge < -0.3 is 9.47 Å². The molecule has 2 rings (SSSR count). The molecule has 0 radical (unpaired) electrons. The van der Waals surface area contributed by atoms with Crippen molar-refractivity contribution in [3.8, 4) is 23.6 Å². The Morgan fingerprint density at radius 1 is 1.19 bits per heavy atom. The molecule has 108 valence electrons. The van der Waals surface area contributed by atoms with Crippen LogP contribution in [0.25, 0.3) is 0 Å². The van der Waals surface area contributed by atoms with E-state index in [1.165, 1.54) is 12.3 Å². The van der Waals surface area contributed by atoms with Crippen molar-refractivity contribution >= 4 is 0 Å². The summed E-state index contributed by atoms with van der Waals surface area (Å²) in [6.07, 6.45) is 1.50. The van der Waals surface area contributed by atoms with E-state index in [9.17, 15) is 0 Å². The summed E-state index contributed by atoms with van der Waals surface area (Å²) >= 11 is 0. The van der Waals surface area contributed by atoms with Crippen molar-refractivity contribution < 1.29 is 9.47 Å². The van der Waals surface area contributed by atoms with Gasteiger partial charge in [-0.1, -0.05) is 20.8 Å². The van der Waals surface area contributed by atoms with Gasteiger partial charge in [0.25, 0.3) is 0 Å². The Balaban J connectivity index is 2.41. The van der Waals surface area contributed by atoms with Crippen LogP contribution in [0.2, 0.25) is 0 Å². The first kappa shape index (κ1) is 14.8. The normalized spacial score (nSPS) is 10.8. The van der Waals surface area contributed by atoms with Crippen molar-refractivity contribution in [2.75, 3.05) is 7.11 Å². The van der Waals surface area contributed by atoms with Crippen LogP contribution in [-0.2, 0) is 5.41 Å². The maximum Gasteiger partial charge on any atom is 0.323 e. The molecule has 5 heteroatoms. The highest BCUT2D eigenvalue weighted by Gasteiger charge is 2.21. The second kappa shape index (κ2) is 5.80. The van der Waals surface area contributed by atoms with Gasteiger partial charge in [-0.3, -0.25) is 0 Å². The van der Waals surface area contributed by atoms with Gasteiger partial charge in [0.15, 0.2) is 0 Å². The van der Waals surface area contributed by atoms with Crippen molar-refractivity contribution in [3.63, 3.8) is 0 Å². The van der Waals surface area contributed by atoms with Crippen LogP contribution in [0, 0.1) is 11.3 Å². The summed E-state index contributed by atoms with van der Waals surface area (Å²) in [5.41, 5.74) is 1.12. The molecule has 0 amide bonds. The van der Waals surface area contributed by atoms with Gasteiger partial charge in [0.2, 0.25) is 0 Å². The van der Waals surface area contributed by atoms with Crippen LogP contribution in [-0.4, -0.2) is 17.1 Å². The van der Waals surface area contributed by atoms with Crippen molar-refractivity contribution in [2.45, 2.75) is 26.2 Å². The molecule has 5 nitrogen and oxygen atoms in total. The fourth-order valence-corrected chi connectivity index (χ4v) is 1.86. The Morgan fingerprint density at radius 3 is 2.57 bits per heavy atom. The molecule has 0 unspecified atom stereocenters. The quantitative estimate of drug-likeness (QED) is 0.863. The molecule has 1 aromatic carbocycles. The van der Waals surface area contributed by atoms with Gasteiger partial charge in [-0.15, -0.1) is 0 Å². The average Bonchev–Trinajstić information content (AvgIpc) is 2.46. The molecule has 0 N–H and O–H groups in total. The Labute approximate surface area is 124 Å². The van der Waals surface area contributed by atoms with Crippen molar-refractivity contribution in [1.29, 1.82) is 5.26 Å². The molecular weight excluding hydrogens is 266 g/mol. The van der Waals surface area contributed by atoms with Crippen LogP contribution in [0.4, 0.5) is 0 Å². The van der Waals surface area contributed by atoms with E-state index in [0.29, 0.717) is 5.75 Å². The Hall–Kier alpha value is -2.61. The van der Waals surface area contributed by atoms with E-state index in [4.69, 9.17) is 14.7 Å². The molecule has 1 heterocycles. The SMILES string of the molecule is COc1ccc(Oc2nccc(C#N)n2)c(C(C)(C)C)c1. The zero-order valence-electron chi connectivity index (χ0n) is 12.5. The number of hydrogen-bond donors (Lipinski definition) is 0. The molecule has 2 aromatic rings. The number of ether oxygens (including phenoxy) is 2. The summed E-state index contributed by atoms with van der Waals surface area (Å²) < 4.78 is 11.0. The van der Waals surface area contributed by atoms with E-state index in [1.807, 2.05) is 24.3 Å². The maximum atomic E-state index is 8.87. The van der Waals surface area contributed by atoms with Crippen molar-refractivity contribution in [3.05, 3.63) is 41.7 Å². The summed E-state index contributed by atoms with van der Waals surface area (Å²) in [5.74, 6) is 1.41. The Bertz CT molecular complexity index is 685. The third-order valence-electron chi connectivity index (χ3n) is 2.94. The van der Waals surface area contributed by atoms with E-state index in [-0.39, 0.29) is 17.1 Å². The number of nitrogens with zero attached hydrogens (tertiary/aromatic N) is 3. The minimum absolute atomic E-state index is 0.128. The Kier molecular flexibility index (Phi) is 4.08. The van der Waals surface area contributed by atoms with Gasteiger partial charge in [0.1, 0.15) is 23.3 Å². The highest BCUT2D eigenvalue weighted by atomic mass is 16.5. The van der Waals surface area contributed by atoms with Crippen LogP contribution in [0.5, 0.6) is 17.5 Å². The smallest absolute Gasteiger partial charge is 0.323 e. The zero-order chi connectivity index (χ0) is 15.5. The second-order valence-corrected chi connectivity index (χ2v) is 5.55. The van der Waals surface area contributed by atoms with Crippen LogP contribution in [0.1, 0.15) is 32.0 Å². The molecule has 0 aliphatic rings. The third kappa shape index (κ3) is 3.48. The minimum atomic E-state index is -0.128. The average molecular weight is 283 g/mol. The first-order valence-electron chi connectivity index (χ1n) is 6.53. The van der Waals surface area contributed by atoms with Gasteiger partial charge in [-0.25, -0.2) is 4.98 Å². The highest BCUT2D eigenvalue weighted by Crippen LogP contribution is 2.35. The fourth-order valence-electron chi connectivity index (χ4n) is 1.86. The van der Waals surface area contributed by atoms with Crippen molar-refractivity contribution in [2.24, 2.45) is 0 Å². The summed E-state index contributed by atoms with van der Waals surface area (Å²) in [6.45, 7) is 6.25. The van der Waals surface area contributed by atoms with Gasteiger partial charge >= 0.3 is 6.01 Å². The number of methoxy groups -OCH3 is 1.